The molecule has 3 heteroatoms. The van der Waals surface area contributed by atoms with Crippen molar-refractivity contribution in [1.29, 1.82) is 0 Å². The van der Waals surface area contributed by atoms with Gasteiger partial charge in [-0.2, -0.15) is 0 Å². The minimum absolute atomic E-state index is 0.142. The topological polar surface area (TPSA) is 44.9 Å². The Morgan fingerprint density at radius 2 is 1.90 bits per heavy atom. The van der Waals surface area contributed by atoms with Crippen LogP contribution in [0.5, 0.6) is 0 Å². The van der Waals surface area contributed by atoms with Crippen LogP contribution in [0.2, 0.25) is 0 Å². The maximum absolute atomic E-state index is 11.8. The predicted octanol–water partition coefficient (Wildman–Crippen LogP) is 4.18. The number of fused-ring (bicyclic) bond motifs is 1. The minimum atomic E-state index is 0.142. The lowest BCUT2D eigenvalue weighted by Crippen LogP contribution is -2.13. The molecule has 0 radical (unpaired) electrons. The molecule has 1 aliphatic rings. The van der Waals surface area contributed by atoms with Crippen LogP contribution < -0.4 is 5.32 Å². The lowest BCUT2D eigenvalue weighted by Gasteiger charge is -2.06. The van der Waals surface area contributed by atoms with E-state index in [-0.39, 0.29) is 11.8 Å². The Morgan fingerprint density at radius 1 is 1.05 bits per heavy atom. The Bertz CT molecular complexity index is 782. The van der Waals surface area contributed by atoms with E-state index in [4.69, 9.17) is 0 Å². The molecule has 1 fully saturated rings. The first-order valence-electron chi connectivity index (χ1n) is 7.29. The molecule has 0 aliphatic heterocycles. The molecule has 1 amide bonds. The maximum atomic E-state index is 11.8. The van der Waals surface area contributed by atoms with E-state index in [1.54, 1.807) is 0 Å². The third kappa shape index (κ3) is 2.42. The second-order valence-corrected chi connectivity index (χ2v) is 5.61. The van der Waals surface area contributed by atoms with Gasteiger partial charge in [0.15, 0.2) is 0 Å². The summed E-state index contributed by atoms with van der Waals surface area (Å²) in [7, 11) is 0. The fraction of sp³-hybridized carbons (Fsp3) is 0.167. The maximum Gasteiger partial charge on any atom is 0.227 e. The highest BCUT2D eigenvalue weighted by molar-refractivity contribution is 5.95. The van der Waals surface area contributed by atoms with Gasteiger partial charge in [0.1, 0.15) is 0 Å². The molecule has 0 unspecified atom stereocenters. The highest BCUT2D eigenvalue weighted by atomic mass is 16.2. The first-order chi connectivity index (χ1) is 10.3. The average Bonchev–Trinajstić information content (AvgIpc) is 3.26. The van der Waals surface area contributed by atoms with Crippen LogP contribution in [0.4, 0.5) is 5.69 Å². The van der Waals surface area contributed by atoms with E-state index in [1.165, 1.54) is 5.39 Å². The number of hydrogen-bond donors (Lipinski definition) is 2. The zero-order valence-corrected chi connectivity index (χ0v) is 11.6. The van der Waals surface area contributed by atoms with Gasteiger partial charge in [-0.3, -0.25) is 4.79 Å². The van der Waals surface area contributed by atoms with Crippen molar-refractivity contribution >= 4 is 22.5 Å². The summed E-state index contributed by atoms with van der Waals surface area (Å²) < 4.78 is 0. The average molecular weight is 276 g/mol. The summed E-state index contributed by atoms with van der Waals surface area (Å²) >= 11 is 0. The molecular formula is C18H16N2O. The molecule has 1 aromatic heterocycles. The van der Waals surface area contributed by atoms with E-state index in [1.807, 2.05) is 30.3 Å². The van der Waals surface area contributed by atoms with Crippen LogP contribution in [-0.2, 0) is 4.79 Å². The first kappa shape index (κ1) is 12.2. The van der Waals surface area contributed by atoms with Gasteiger partial charge >= 0.3 is 0 Å². The van der Waals surface area contributed by atoms with Gasteiger partial charge in [-0.1, -0.05) is 30.3 Å². The fourth-order valence-electron chi connectivity index (χ4n) is 2.58. The van der Waals surface area contributed by atoms with Crippen LogP contribution in [0.1, 0.15) is 12.8 Å². The van der Waals surface area contributed by atoms with E-state index in [9.17, 15) is 4.79 Å². The number of anilines is 1. The van der Waals surface area contributed by atoms with E-state index in [0.717, 1.165) is 35.3 Å². The summed E-state index contributed by atoms with van der Waals surface area (Å²) in [6.07, 6.45) is 2.04. The van der Waals surface area contributed by atoms with E-state index >= 15 is 0 Å². The van der Waals surface area contributed by atoms with Gasteiger partial charge in [0.05, 0.1) is 0 Å². The Balaban J connectivity index is 1.66. The molecule has 0 bridgehead atoms. The van der Waals surface area contributed by atoms with Crippen molar-refractivity contribution in [3.63, 3.8) is 0 Å². The smallest absolute Gasteiger partial charge is 0.227 e. The van der Waals surface area contributed by atoms with Gasteiger partial charge in [-0.15, -0.1) is 0 Å². The summed E-state index contributed by atoms with van der Waals surface area (Å²) in [6.45, 7) is 0. The third-order valence-corrected chi connectivity index (χ3v) is 3.92. The van der Waals surface area contributed by atoms with Crippen LogP contribution >= 0.6 is 0 Å². The Kier molecular flexibility index (Phi) is 2.78. The minimum Gasteiger partial charge on any atom is -0.355 e. The molecular weight excluding hydrogens is 260 g/mol. The summed E-state index contributed by atoms with van der Waals surface area (Å²) in [5.41, 5.74) is 4.14. The zero-order valence-electron chi connectivity index (χ0n) is 11.6. The third-order valence-electron chi connectivity index (χ3n) is 3.92. The van der Waals surface area contributed by atoms with Crippen molar-refractivity contribution in [3.05, 3.63) is 54.6 Å². The molecule has 4 rings (SSSR count). The molecule has 0 atom stereocenters. The molecule has 2 N–H and O–H groups in total. The number of carbonyl (C=O) groups is 1. The molecule has 1 aliphatic carbocycles. The number of para-hydroxylation sites is 1. The molecule has 3 aromatic rings. The van der Waals surface area contributed by atoms with Crippen LogP contribution in [-0.4, -0.2) is 10.9 Å². The standard InChI is InChI=1S/C18H16N2O/c21-18(12-8-9-12)19-15-6-3-5-13(10-15)17-11-14-4-1-2-7-16(14)20-17/h1-7,10-12,20H,8-9H2,(H,19,21). The van der Waals surface area contributed by atoms with E-state index in [2.05, 4.69) is 34.6 Å². The fourth-order valence-corrected chi connectivity index (χ4v) is 2.58. The molecule has 21 heavy (non-hydrogen) atoms. The van der Waals surface area contributed by atoms with Crippen molar-refractivity contribution in [2.24, 2.45) is 5.92 Å². The van der Waals surface area contributed by atoms with Crippen molar-refractivity contribution in [2.45, 2.75) is 12.8 Å². The number of amides is 1. The van der Waals surface area contributed by atoms with Gasteiger partial charge in [-0.05, 0) is 37.1 Å². The molecule has 104 valence electrons. The Labute approximate surface area is 123 Å². The van der Waals surface area contributed by atoms with Gasteiger partial charge in [0, 0.05) is 33.8 Å². The van der Waals surface area contributed by atoms with E-state index in [0.29, 0.717) is 0 Å². The highest BCUT2D eigenvalue weighted by Gasteiger charge is 2.29. The normalized spacial score (nSPS) is 14.3. The van der Waals surface area contributed by atoms with Crippen LogP contribution in [0, 0.1) is 5.92 Å². The number of rotatable bonds is 3. The molecule has 2 aromatic carbocycles. The summed E-state index contributed by atoms with van der Waals surface area (Å²) in [5, 5.41) is 4.19. The predicted molar refractivity (Wildman–Crippen MR) is 85.1 cm³/mol. The lowest BCUT2D eigenvalue weighted by molar-refractivity contribution is -0.117. The van der Waals surface area contributed by atoms with Crippen molar-refractivity contribution in [3.8, 4) is 11.3 Å². The van der Waals surface area contributed by atoms with Gasteiger partial charge in [0.25, 0.3) is 0 Å². The molecule has 0 spiro atoms. The van der Waals surface area contributed by atoms with Crippen molar-refractivity contribution < 1.29 is 4.79 Å². The lowest BCUT2D eigenvalue weighted by atomic mass is 10.1. The Hall–Kier alpha value is -2.55. The number of hydrogen-bond acceptors (Lipinski definition) is 1. The summed E-state index contributed by atoms with van der Waals surface area (Å²) in [6, 6.07) is 18.3. The number of aromatic nitrogens is 1. The van der Waals surface area contributed by atoms with E-state index < -0.39 is 0 Å². The van der Waals surface area contributed by atoms with Crippen LogP contribution in [0.3, 0.4) is 0 Å². The van der Waals surface area contributed by atoms with Crippen molar-refractivity contribution in [2.75, 3.05) is 5.32 Å². The van der Waals surface area contributed by atoms with Gasteiger partial charge in [0.2, 0.25) is 5.91 Å². The molecule has 3 nitrogen and oxygen atoms in total. The molecule has 1 saturated carbocycles. The number of carbonyl (C=O) groups excluding carboxylic acids is 1. The summed E-state index contributed by atoms with van der Waals surface area (Å²) in [4.78, 5) is 15.3. The number of aromatic amines is 1. The van der Waals surface area contributed by atoms with Crippen molar-refractivity contribution in [1.82, 2.24) is 4.98 Å². The monoisotopic (exact) mass is 276 g/mol. The van der Waals surface area contributed by atoms with Gasteiger partial charge in [-0.25, -0.2) is 0 Å². The first-order valence-corrected chi connectivity index (χ1v) is 7.29. The molecule has 0 saturated heterocycles. The highest BCUT2D eigenvalue weighted by Crippen LogP contribution is 2.31. The number of H-pyrrole nitrogens is 1. The quantitative estimate of drug-likeness (QED) is 0.740. The van der Waals surface area contributed by atoms with Crippen LogP contribution in [0.25, 0.3) is 22.2 Å². The number of benzene rings is 2. The van der Waals surface area contributed by atoms with Gasteiger partial charge < -0.3 is 10.3 Å². The summed E-state index contributed by atoms with van der Waals surface area (Å²) in [5.74, 6) is 0.366. The Morgan fingerprint density at radius 3 is 2.71 bits per heavy atom. The zero-order chi connectivity index (χ0) is 14.2. The second kappa shape index (κ2) is 4.77. The second-order valence-electron chi connectivity index (χ2n) is 5.61. The number of nitrogens with one attached hydrogen (secondary N) is 2. The molecule has 1 heterocycles. The largest absolute Gasteiger partial charge is 0.355 e. The SMILES string of the molecule is O=C(Nc1cccc(-c2cc3ccccc3[nH]2)c1)C1CC1. The van der Waals surface area contributed by atoms with Crippen LogP contribution in [0.15, 0.2) is 54.6 Å².